The number of aliphatic carboxylic acids is 1. The van der Waals surface area contributed by atoms with Crippen LogP contribution in [0.15, 0.2) is 10.9 Å². The van der Waals surface area contributed by atoms with Gasteiger partial charge in [0.1, 0.15) is 0 Å². The van der Waals surface area contributed by atoms with Crippen LogP contribution in [0.5, 0.6) is 0 Å². The van der Waals surface area contributed by atoms with Crippen LogP contribution in [0.1, 0.15) is 23.5 Å². The van der Waals surface area contributed by atoms with Crippen molar-refractivity contribution in [2.45, 2.75) is 33.2 Å². The molecule has 7 nitrogen and oxygen atoms in total. The van der Waals surface area contributed by atoms with Crippen LogP contribution >= 0.6 is 11.3 Å². The normalized spacial score (nSPS) is 10.6. The summed E-state index contributed by atoms with van der Waals surface area (Å²) in [5, 5.41) is 17.6. The number of rotatable bonds is 6. The summed E-state index contributed by atoms with van der Waals surface area (Å²) >= 11 is 1.44. The maximum atomic E-state index is 12.0. The molecule has 0 aliphatic heterocycles. The Kier molecular flexibility index (Phi) is 4.69. The van der Waals surface area contributed by atoms with Gasteiger partial charge in [-0.2, -0.15) is 5.10 Å². The first-order chi connectivity index (χ1) is 9.97. The summed E-state index contributed by atoms with van der Waals surface area (Å²) in [5.41, 5.74) is 4.47. The molecule has 0 unspecified atom stereocenters. The van der Waals surface area contributed by atoms with E-state index in [1.807, 2.05) is 5.38 Å². The molecule has 2 N–H and O–H groups in total. The second-order valence-electron chi connectivity index (χ2n) is 4.62. The number of aromatic nitrogens is 3. The van der Waals surface area contributed by atoms with E-state index in [2.05, 4.69) is 15.4 Å². The van der Waals surface area contributed by atoms with Gasteiger partial charge < -0.3 is 10.4 Å². The highest BCUT2D eigenvalue weighted by atomic mass is 32.1. The average molecular weight is 308 g/mol. The third-order valence-electron chi connectivity index (χ3n) is 3.01. The Balaban J connectivity index is 2.05. The molecule has 0 spiro atoms. The van der Waals surface area contributed by atoms with E-state index in [4.69, 9.17) is 5.11 Å². The molecule has 112 valence electrons. The van der Waals surface area contributed by atoms with Crippen LogP contribution in [-0.4, -0.2) is 31.7 Å². The van der Waals surface area contributed by atoms with Crippen molar-refractivity contribution >= 4 is 28.9 Å². The van der Waals surface area contributed by atoms with Crippen molar-refractivity contribution < 1.29 is 14.7 Å². The van der Waals surface area contributed by atoms with Crippen molar-refractivity contribution in [3.05, 3.63) is 28.0 Å². The SMILES string of the molecule is Cc1nn(CCC(=O)O)c(C)c1NC(=O)Cc1cscn1. The second-order valence-corrected chi connectivity index (χ2v) is 5.34. The van der Waals surface area contributed by atoms with Crippen LogP contribution in [0.4, 0.5) is 5.69 Å². The predicted molar refractivity (Wildman–Crippen MR) is 78.4 cm³/mol. The molecule has 0 bridgehead atoms. The van der Waals surface area contributed by atoms with Gasteiger partial charge in [-0.15, -0.1) is 11.3 Å². The highest BCUT2D eigenvalue weighted by Gasteiger charge is 2.15. The minimum Gasteiger partial charge on any atom is -0.481 e. The second kappa shape index (κ2) is 6.49. The molecule has 1 amide bonds. The monoisotopic (exact) mass is 308 g/mol. The Labute approximate surface area is 125 Å². The predicted octanol–water partition coefficient (Wildman–Crippen LogP) is 1.61. The minimum absolute atomic E-state index is 0.00578. The van der Waals surface area contributed by atoms with Gasteiger partial charge >= 0.3 is 5.97 Å². The van der Waals surface area contributed by atoms with Crippen LogP contribution in [0.25, 0.3) is 0 Å². The van der Waals surface area contributed by atoms with Crippen LogP contribution in [-0.2, 0) is 22.6 Å². The number of thiazole rings is 1. The summed E-state index contributed by atoms with van der Waals surface area (Å²) in [6.45, 7) is 3.87. The molecule has 0 aromatic carbocycles. The molecule has 0 fully saturated rings. The van der Waals surface area contributed by atoms with Crippen LogP contribution in [0, 0.1) is 13.8 Å². The van der Waals surface area contributed by atoms with E-state index < -0.39 is 5.97 Å². The Morgan fingerprint density at radius 1 is 1.43 bits per heavy atom. The lowest BCUT2D eigenvalue weighted by atomic mass is 10.2. The zero-order chi connectivity index (χ0) is 15.4. The number of carbonyl (C=O) groups excluding carboxylic acids is 1. The Bertz CT molecular complexity index is 649. The number of nitrogens with zero attached hydrogens (tertiary/aromatic N) is 3. The van der Waals surface area contributed by atoms with E-state index in [-0.39, 0.29) is 25.3 Å². The maximum absolute atomic E-state index is 12.0. The van der Waals surface area contributed by atoms with E-state index in [9.17, 15) is 9.59 Å². The van der Waals surface area contributed by atoms with Gasteiger partial charge in [0.25, 0.3) is 0 Å². The third-order valence-corrected chi connectivity index (χ3v) is 3.64. The molecule has 0 radical (unpaired) electrons. The van der Waals surface area contributed by atoms with Crippen molar-refractivity contribution in [3.8, 4) is 0 Å². The lowest BCUT2D eigenvalue weighted by Crippen LogP contribution is -2.16. The topological polar surface area (TPSA) is 97.1 Å². The third kappa shape index (κ3) is 3.88. The largest absolute Gasteiger partial charge is 0.481 e. The van der Waals surface area contributed by atoms with Crippen LogP contribution in [0.2, 0.25) is 0 Å². The van der Waals surface area contributed by atoms with E-state index in [0.717, 1.165) is 11.4 Å². The number of carboxylic acids is 1. The first-order valence-electron chi connectivity index (χ1n) is 6.40. The first kappa shape index (κ1) is 15.2. The van der Waals surface area contributed by atoms with E-state index >= 15 is 0 Å². The highest BCUT2D eigenvalue weighted by Crippen LogP contribution is 2.20. The molecule has 2 aromatic heterocycles. The number of amides is 1. The van der Waals surface area contributed by atoms with Gasteiger partial charge in [0, 0.05) is 5.38 Å². The molecule has 0 saturated heterocycles. The van der Waals surface area contributed by atoms with Crippen molar-refractivity contribution in [1.82, 2.24) is 14.8 Å². The van der Waals surface area contributed by atoms with E-state index in [1.54, 1.807) is 24.0 Å². The van der Waals surface area contributed by atoms with Crippen LogP contribution < -0.4 is 5.32 Å². The van der Waals surface area contributed by atoms with Gasteiger partial charge in [-0.3, -0.25) is 14.3 Å². The number of nitrogens with one attached hydrogen (secondary N) is 1. The summed E-state index contributed by atoms with van der Waals surface area (Å²) < 4.78 is 1.60. The Morgan fingerprint density at radius 3 is 2.81 bits per heavy atom. The summed E-state index contributed by atoms with van der Waals surface area (Å²) in [6, 6.07) is 0. The summed E-state index contributed by atoms with van der Waals surface area (Å²) in [7, 11) is 0. The average Bonchev–Trinajstić information content (AvgIpc) is 3.00. The first-order valence-corrected chi connectivity index (χ1v) is 7.34. The van der Waals surface area contributed by atoms with E-state index in [0.29, 0.717) is 11.4 Å². The Hall–Kier alpha value is -2.22. The van der Waals surface area contributed by atoms with Gasteiger partial charge in [-0.25, -0.2) is 4.98 Å². The van der Waals surface area contributed by atoms with Gasteiger partial charge in [-0.05, 0) is 13.8 Å². The van der Waals surface area contributed by atoms with Crippen LogP contribution in [0.3, 0.4) is 0 Å². The number of carbonyl (C=O) groups is 2. The molecule has 0 saturated carbocycles. The molecular formula is C13H16N4O3S. The van der Waals surface area contributed by atoms with Crippen molar-refractivity contribution in [2.75, 3.05) is 5.32 Å². The molecule has 0 aliphatic carbocycles. The van der Waals surface area contributed by atoms with E-state index in [1.165, 1.54) is 11.3 Å². The summed E-state index contributed by atoms with van der Waals surface area (Å²) in [4.78, 5) is 26.7. The molecule has 21 heavy (non-hydrogen) atoms. The van der Waals surface area contributed by atoms with Crippen molar-refractivity contribution in [1.29, 1.82) is 0 Å². The number of anilines is 1. The zero-order valence-corrected chi connectivity index (χ0v) is 12.6. The molecule has 2 rings (SSSR count). The number of hydrogen-bond acceptors (Lipinski definition) is 5. The fraction of sp³-hybridized carbons (Fsp3) is 0.385. The molecule has 2 aromatic rings. The molecule has 0 aliphatic rings. The molecular weight excluding hydrogens is 292 g/mol. The fourth-order valence-corrected chi connectivity index (χ4v) is 2.53. The van der Waals surface area contributed by atoms with Gasteiger partial charge in [0.05, 0.1) is 47.7 Å². The van der Waals surface area contributed by atoms with Gasteiger partial charge in [0.2, 0.25) is 5.91 Å². The number of aryl methyl sites for hydroxylation is 2. The van der Waals surface area contributed by atoms with Crippen molar-refractivity contribution in [2.24, 2.45) is 0 Å². The zero-order valence-electron chi connectivity index (χ0n) is 11.8. The molecule has 2 heterocycles. The summed E-state index contributed by atoms with van der Waals surface area (Å²) in [5.74, 6) is -1.04. The number of hydrogen-bond donors (Lipinski definition) is 2. The van der Waals surface area contributed by atoms with Crippen molar-refractivity contribution in [3.63, 3.8) is 0 Å². The smallest absolute Gasteiger partial charge is 0.305 e. The standard InChI is InChI=1S/C13H16N4O3S/c1-8-13(9(2)17(16-8)4-3-12(19)20)15-11(18)5-10-6-21-7-14-10/h6-7H,3-5H2,1-2H3,(H,15,18)(H,19,20). The fourth-order valence-electron chi connectivity index (χ4n) is 1.97. The quantitative estimate of drug-likeness (QED) is 0.845. The minimum atomic E-state index is -0.878. The molecule has 0 atom stereocenters. The van der Waals surface area contributed by atoms with Gasteiger partial charge in [0.15, 0.2) is 0 Å². The lowest BCUT2D eigenvalue weighted by Gasteiger charge is -2.05. The summed E-state index contributed by atoms with van der Waals surface area (Å²) in [6.07, 6.45) is 0.205. The maximum Gasteiger partial charge on any atom is 0.305 e. The molecule has 8 heteroatoms. The lowest BCUT2D eigenvalue weighted by molar-refractivity contribution is -0.137. The van der Waals surface area contributed by atoms with Gasteiger partial charge in [-0.1, -0.05) is 0 Å². The number of carboxylic acid groups (broad SMARTS) is 1. The Morgan fingerprint density at radius 2 is 2.19 bits per heavy atom. The highest BCUT2D eigenvalue weighted by molar-refractivity contribution is 7.07.